The number of hydrogen-bond donors (Lipinski definition) is 2. The van der Waals surface area contributed by atoms with E-state index in [2.05, 4.69) is 41.5 Å². The number of aromatic nitrogens is 2. The Bertz CT molecular complexity index is 1420. The van der Waals surface area contributed by atoms with Crippen molar-refractivity contribution >= 4 is 29.4 Å². The molecule has 0 bridgehead atoms. The number of ether oxygens (including phenoxy) is 1. The third-order valence-electron chi connectivity index (χ3n) is 10.7. The normalized spacial score (nSPS) is 24.5. The van der Waals surface area contributed by atoms with E-state index in [1.807, 2.05) is 35.2 Å². The molecular weight excluding hydrogens is 544 g/mol. The van der Waals surface area contributed by atoms with E-state index in [0.29, 0.717) is 34.0 Å². The van der Waals surface area contributed by atoms with Gasteiger partial charge in [-0.3, -0.25) is 9.52 Å². The van der Waals surface area contributed by atoms with Crippen LogP contribution in [0.2, 0.25) is 0 Å². The van der Waals surface area contributed by atoms with Crippen molar-refractivity contribution in [3.8, 4) is 11.6 Å². The van der Waals surface area contributed by atoms with Gasteiger partial charge in [0.05, 0.1) is 23.5 Å². The van der Waals surface area contributed by atoms with Crippen LogP contribution < -0.4 is 20.1 Å². The summed E-state index contributed by atoms with van der Waals surface area (Å²) in [6, 6.07) is 7.96. The maximum Gasteiger partial charge on any atom is 0.263 e. The fourth-order valence-corrected chi connectivity index (χ4v) is 9.13. The number of amides is 1. The fourth-order valence-electron chi connectivity index (χ4n) is 8.46. The van der Waals surface area contributed by atoms with Gasteiger partial charge in [-0.1, -0.05) is 13.3 Å². The number of benzene rings is 1. The second-order valence-corrected chi connectivity index (χ2v) is 14.6. The van der Waals surface area contributed by atoms with Gasteiger partial charge in [-0.25, -0.2) is 9.67 Å². The molecule has 7 rings (SSSR count). The quantitative estimate of drug-likeness (QED) is 0.287. The molecular formula is C33H44N6O2S. The number of nitrogens with one attached hydrogen (secondary N) is 1. The number of fused-ring (bicyclic) bond motifs is 1. The first-order valence-electron chi connectivity index (χ1n) is 15.9. The lowest BCUT2D eigenvalue weighted by Gasteiger charge is -2.35. The third-order valence-corrected chi connectivity index (χ3v) is 11.5. The summed E-state index contributed by atoms with van der Waals surface area (Å²) in [5.41, 5.74) is 9.79. The lowest BCUT2D eigenvalue weighted by atomic mass is 9.93. The average Bonchev–Trinajstić information content (AvgIpc) is 3.92. The molecule has 1 unspecified atom stereocenters. The topological polar surface area (TPSA) is 97.8 Å². The van der Waals surface area contributed by atoms with E-state index in [4.69, 9.17) is 15.6 Å². The van der Waals surface area contributed by atoms with Crippen molar-refractivity contribution in [1.29, 1.82) is 0 Å². The average molecular weight is 589 g/mol. The van der Waals surface area contributed by atoms with Crippen LogP contribution in [-0.2, 0) is 0 Å². The molecule has 42 heavy (non-hydrogen) atoms. The standard InChI is InChI=1S/C33H44N6O2S/c1-4-6-22-20-31(2,3)38(21-22)25-19-23(9-10-24(25)30(40)37-42-29-8-5-7-27(34)35-29)39-17-11-28(36-39)41-18-12-26-32(13-14-32)33(26)15-16-33/h8-11,17,19,22,26H,4-7,12-16,18,20-21H2,1-3H3,(H2,34,35)(H,37,40). The number of allylic oxidation sites excluding steroid dienone is 1. The Kier molecular flexibility index (Phi) is 6.87. The maximum atomic E-state index is 13.6. The zero-order valence-corrected chi connectivity index (χ0v) is 26.0. The molecule has 1 aromatic heterocycles. The molecule has 1 atom stereocenters. The van der Waals surface area contributed by atoms with Gasteiger partial charge in [0.1, 0.15) is 10.9 Å². The van der Waals surface area contributed by atoms with Crippen LogP contribution in [0.25, 0.3) is 5.69 Å². The number of carbonyl (C=O) groups excluding carboxylic acids is 1. The van der Waals surface area contributed by atoms with Gasteiger partial charge in [0.2, 0.25) is 5.88 Å². The van der Waals surface area contributed by atoms with Crippen LogP contribution in [0.4, 0.5) is 5.69 Å². The van der Waals surface area contributed by atoms with Crippen LogP contribution in [0.5, 0.6) is 5.88 Å². The first-order chi connectivity index (χ1) is 20.2. The Balaban J connectivity index is 1.09. The maximum absolute atomic E-state index is 13.6. The second-order valence-electron chi connectivity index (χ2n) is 13.8. The van der Waals surface area contributed by atoms with E-state index < -0.39 is 0 Å². The van der Waals surface area contributed by atoms with E-state index >= 15 is 0 Å². The number of amidine groups is 1. The number of aliphatic imine (C=N–C) groups is 1. The van der Waals surface area contributed by atoms with Crippen LogP contribution in [0.15, 0.2) is 46.6 Å². The molecule has 2 aliphatic heterocycles. The number of hydrogen-bond acceptors (Lipinski definition) is 7. The van der Waals surface area contributed by atoms with Crippen molar-refractivity contribution in [3.63, 3.8) is 0 Å². The van der Waals surface area contributed by atoms with Gasteiger partial charge in [-0.2, -0.15) is 0 Å². The van der Waals surface area contributed by atoms with Crippen molar-refractivity contribution in [2.75, 3.05) is 18.1 Å². The van der Waals surface area contributed by atoms with Crippen molar-refractivity contribution in [1.82, 2.24) is 14.5 Å². The summed E-state index contributed by atoms with van der Waals surface area (Å²) in [7, 11) is 0. The molecule has 9 heteroatoms. The highest BCUT2D eigenvalue weighted by Gasteiger charge is 2.85. The first-order valence-corrected chi connectivity index (χ1v) is 16.7. The van der Waals surface area contributed by atoms with Crippen molar-refractivity contribution < 1.29 is 9.53 Å². The van der Waals surface area contributed by atoms with Gasteiger partial charge >= 0.3 is 0 Å². The number of nitrogens with zero attached hydrogens (tertiary/aromatic N) is 4. The first kappa shape index (κ1) is 27.9. The van der Waals surface area contributed by atoms with Crippen molar-refractivity contribution in [2.24, 2.45) is 33.4 Å². The summed E-state index contributed by atoms with van der Waals surface area (Å²) < 4.78 is 11.0. The van der Waals surface area contributed by atoms with Gasteiger partial charge in [0.15, 0.2) is 0 Å². The lowest BCUT2D eigenvalue weighted by molar-refractivity contribution is 0.0985. The summed E-state index contributed by atoms with van der Waals surface area (Å²) >= 11 is 1.23. The van der Waals surface area contributed by atoms with Crippen LogP contribution in [-0.4, -0.2) is 40.2 Å². The Hall–Kier alpha value is -2.94. The minimum atomic E-state index is -0.136. The summed E-state index contributed by atoms with van der Waals surface area (Å²) in [4.78, 5) is 20.4. The summed E-state index contributed by atoms with van der Waals surface area (Å²) in [6.45, 7) is 8.49. The molecule has 1 aromatic carbocycles. The van der Waals surface area contributed by atoms with Crippen molar-refractivity contribution in [2.45, 2.75) is 90.5 Å². The molecule has 3 N–H and O–H groups in total. The van der Waals surface area contributed by atoms with Gasteiger partial charge in [-0.05, 0) is 112 Å². The predicted octanol–water partition coefficient (Wildman–Crippen LogP) is 6.61. The monoisotopic (exact) mass is 588 g/mol. The number of nitrogens with two attached hydrogens (primary N) is 1. The highest BCUT2D eigenvalue weighted by Crippen LogP contribution is 2.93. The molecule has 2 spiro atoms. The van der Waals surface area contributed by atoms with E-state index in [-0.39, 0.29) is 11.4 Å². The molecule has 3 aliphatic carbocycles. The summed E-state index contributed by atoms with van der Waals surface area (Å²) in [5, 5.41) is 5.50. The van der Waals surface area contributed by atoms with Gasteiger partial charge < -0.3 is 15.4 Å². The second kappa shape index (κ2) is 10.4. The predicted molar refractivity (Wildman–Crippen MR) is 169 cm³/mol. The Morgan fingerprint density at radius 2 is 1.95 bits per heavy atom. The minimum absolute atomic E-state index is 0.0652. The highest BCUT2D eigenvalue weighted by atomic mass is 32.2. The number of rotatable bonds is 11. The molecule has 0 radical (unpaired) electrons. The Labute approximate surface area is 253 Å². The van der Waals surface area contributed by atoms with E-state index in [1.54, 1.807) is 0 Å². The van der Waals surface area contributed by atoms with Crippen LogP contribution in [0.1, 0.15) is 95.3 Å². The van der Waals surface area contributed by atoms with E-state index in [9.17, 15) is 4.79 Å². The van der Waals surface area contributed by atoms with Gasteiger partial charge in [-0.15, -0.1) is 5.10 Å². The van der Waals surface area contributed by atoms with Crippen LogP contribution in [0.3, 0.4) is 0 Å². The molecule has 5 aliphatic rings. The summed E-state index contributed by atoms with van der Waals surface area (Å²) in [5.74, 6) is 2.61. The molecule has 1 amide bonds. The highest BCUT2D eigenvalue weighted by molar-refractivity contribution is 8.01. The SMILES string of the molecule is CCCC1CN(c2cc(-n3ccc(OCCC4C5(CC5)C45CC5)n3)ccc2C(=O)NSC2=CCCC(N)=N2)C(C)(C)C1. The zero-order chi connectivity index (χ0) is 29.1. The van der Waals surface area contributed by atoms with E-state index in [0.717, 1.165) is 67.6 Å². The van der Waals surface area contributed by atoms with Crippen molar-refractivity contribution in [3.05, 3.63) is 47.1 Å². The molecule has 3 saturated carbocycles. The van der Waals surface area contributed by atoms with Crippen LogP contribution >= 0.6 is 11.9 Å². The number of anilines is 1. The Morgan fingerprint density at radius 1 is 1.17 bits per heavy atom. The van der Waals surface area contributed by atoms with Gasteiger partial charge in [0, 0.05) is 42.7 Å². The molecule has 2 aromatic rings. The smallest absolute Gasteiger partial charge is 0.263 e. The third kappa shape index (κ3) is 4.91. The lowest BCUT2D eigenvalue weighted by Crippen LogP contribution is -2.39. The zero-order valence-electron chi connectivity index (χ0n) is 25.2. The molecule has 224 valence electrons. The largest absolute Gasteiger partial charge is 0.477 e. The van der Waals surface area contributed by atoms with Crippen LogP contribution in [0, 0.1) is 22.7 Å². The molecule has 1 saturated heterocycles. The number of carbonyl (C=O) groups is 1. The molecule has 8 nitrogen and oxygen atoms in total. The molecule has 3 heterocycles. The fraction of sp³-hybridized carbons (Fsp3) is 0.606. The molecule has 4 fully saturated rings. The Morgan fingerprint density at radius 3 is 2.67 bits per heavy atom. The van der Waals surface area contributed by atoms with Gasteiger partial charge in [0.25, 0.3) is 5.91 Å². The minimum Gasteiger partial charge on any atom is -0.477 e. The summed E-state index contributed by atoms with van der Waals surface area (Å²) in [6.07, 6.45) is 15.9. The van der Waals surface area contributed by atoms with E-state index in [1.165, 1.54) is 44.1 Å².